The summed E-state index contributed by atoms with van der Waals surface area (Å²) in [5.74, 6) is 0. The smallest absolute Gasteiger partial charge is 0.136 e. The zero-order valence-corrected chi connectivity index (χ0v) is 25.1. The third kappa shape index (κ3) is 4.35. The van der Waals surface area contributed by atoms with Crippen LogP contribution < -0.4 is 4.90 Å². The molecule has 216 valence electrons. The van der Waals surface area contributed by atoms with Crippen molar-refractivity contribution < 1.29 is 4.42 Å². The van der Waals surface area contributed by atoms with Gasteiger partial charge in [0.05, 0.1) is 11.4 Å². The summed E-state index contributed by atoms with van der Waals surface area (Å²) >= 11 is 0. The molecule has 0 aliphatic carbocycles. The molecule has 0 aliphatic rings. The quantitative estimate of drug-likeness (QED) is 0.199. The van der Waals surface area contributed by atoms with Crippen LogP contribution in [0.3, 0.4) is 0 Å². The van der Waals surface area contributed by atoms with E-state index in [0.717, 1.165) is 55.7 Å². The summed E-state index contributed by atoms with van der Waals surface area (Å²) in [6, 6.07) is 62.8. The van der Waals surface area contributed by atoms with Crippen molar-refractivity contribution >= 4 is 60.5 Å². The van der Waals surface area contributed by atoms with E-state index in [1.165, 1.54) is 27.1 Å². The Morgan fingerprint density at radius 3 is 1.87 bits per heavy atom. The molecule has 9 aromatic rings. The van der Waals surface area contributed by atoms with Gasteiger partial charge in [-0.2, -0.15) is 0 Å². The molecule has 0 saturated heterocycles. The van der Waals surface area contributed by atoms with Gasteiger partial charge in [0.15, 0.2) is 0 Å². The first-order chi connectivity index (χ1) is 22.8. The fraction of sp³-hybridized carbons (Fsp3) is 0. The fourth-order valence-corrected chi connectivity index (χ4v) is 6.88. The number of furan rings is 1. The van der Waals surface area contributed by atoms with Crippen molar-refractivity contribution in [1.82, 2.24) is 0 Å². The molecule has 0 saturated carbocycles. The molecule has 0 unspecified atom stereocenters. The molecular formula is C44H29NO. The van der Waals surface area contributed by atoms with E-state index in [1.54, 1.807) is 0 Å². The highest BCUT2D eigenvalue weighted by atomic mass is 16.3. The Kier molecular flexibility index (Phi) is 6.17. The number of hydrogen-bond donors (Lipinski definition) is 0. The van der Waals surface area contributed by atoms with Crippen molar-refractivity contribution in [3.05, 3.63) is 176 Å². The predicted octanol–water partition coefficient (Wildman–Crippen LogP) is 12.7. The molecule has 0 spiro atoms. The third-order valence-corrected chi connectivity index (χ3v) is 9.02. The van der Waals surface area contributed by atoms with Crippen LogP contribution in [0.5, 0.6) is 0 Å². The summed E-state index contributed by atoms with van der Waals surface area (Å²) in [6.45, 7) is 0. The molecule has 46 heavy (non-hydrogen) atoms. The van der Waals surface area contributed by atoms with Crippen LogP contribution in [0.4, 0.5) is 17.1 Å². The first-order valence-electron chi connectivity index (χ1n) is 15.7. The normalized spacial score (nSPS) is 11.5. The number of fused-ring (bicyclic) bond motifs is 5. The lowest BCUT2D eigenvalue weighted by Gasteiger charge is -2.30. The van der Waals surface area contributed by atoms with Crippen LogP contribution in [0.15, 0.2) is 180 Å². The van der Waals surface area contributed by atoms with Gasteiger partial charge in [0, 0.05) is 27.6 Å². The number of anilines is 3. The highest BCUT2D eigenvalue weighted by molar-refractivity contribution is 6.17. The van der Waals surface area contributed by atoms with E-state index >= 15 is 0 Å². The predicted molar refractivity (Wildman–Crippen MR) is 194 cm³/mol. The minimum Gasteiger partial charge on any atom is -0.456 e. The lowest BCUT2D eigenvalue weighted by Crippen LogP contribution is -2.12. The minimum atomic E-state index is 0.878. The molecule has 0 bridgehead atoms. The zero-order valence-electron chi connectivity index (χ0n) is 25.1. The van der Waals surface area contributed by atoms with Crippen LogP contribution in [-0.2, 0) is 0 Å². The van der Waals surface area contributed by atoms with Crippen LogP contribution >= 0.6 is 0 Å². The lowest BCUT2D eigenvalue weighted by molar-refractivity contribution is 0.669. The summed E-state index contributed by atoms with van der Waals surface area (Å²) in [5, 5.41) is 7.07. The largest absolute Gasteiger partial charge is 0.456 e. The zero-order chi connectivity index (χ0) is 30.5. The van der Waals surface area contributed by atoms with E-state index in [0.29, 0.717) is 0 Å². The van der Waals surface area contributed by atoms with Gasteiger partial charge in [0.1, 0.15) is 11.2 Å². The number of rotatable bonds is 5. The standard InChI is InChI=1S/C44H29NO/c1-2-14-32(15-3-1)37-18-8-10-20-39(37)45(36-25-24-31-13-5-7-17-34(31)29-36)40-26-27-42-44(38-19-9-11-21-41(38)46-42)43(40)35-23-22-30-12-4-6-16-33(30)28-35/h1-29H. The highest BCUT2D eigenvalue weighted by Gasteiger charge is 2.24. The number of para-hydroxylation sites is 2. The number of hydrogen-bond acceptors (Lipinski definition) is 2. The molecule has 0 aliphatic heterocycles. The van der Waals surface area contributed by atoms with Crippen molar-refractivity contribution in [2.45, 2.75) is 0 Å². The maximum atomic E-state index is 6.48. The van der Waals surface area contributed by atoms with Gasteiger partial charge in [-0.05, 0) is 75.1 Å². The molecule has 1 aromatic heterocycles. The summed E-state index contributed by atoms with van der Waals surface area (Å²) in [4.78, 5) is 2.43. The lowest BCUT2D eigenvalue weighted by atomic mass is 9.93. The second-order valence-corrected chi connectivity index (χ2v) is 11.7. The minimum absolute atomic E-state index is 0.878. The van der Waals surface area contributed by atoms with Crippen LogP contribution in [-0.4, -0.2) is 0 Å². The SMILES string of the molecule is c1ccc(-c2ccccc2N(c2ccc3ccccc3c2)c2ccc3oc4ccccc4c3c2-c2ccc3ccccc3c2)cc1. The molecule has 0 fully saturated rings. The Hall–Kier alpha value is -6.12. The number of benzene rings is 8. The van der Waals surface area contributed by atoms with Gasteiger partial charge in [-0.1, -0.05) is 133 Å². The molecule has 1 heterocycles. The van der Waals surface area contributed by atoms with E-state index in [4.69, 9.17) is 4.42 Å². The molecule has 0 radical (unpaired) electrons. The Labute approximate surface area is 267 Å². The average molecular weight is 588 g/mol. The third-order valence-electron chi connectivity index (χ3n) is 9.02. The first kappa shape index (κ1) is 26.3. The van der Waals surface area contributed by atoms with Gasteiger partial charge in [-0.3, -0.25) is 0 Å². The van der Waals surface area contributed by atoms with Crippen LogP contribution in [0.2, 0.25) is 0 Å². The van der Waals surface area contributed by atoms with Gasteiger partial charge in [-0.15, -0.1) is 0 Å². The van der Waals surface area contributed by atoms with Crippen molar-refractivity contribution in [3.8, 4) is 22.3 Å². The van der Waals surface area contributed by atoms with E-state index in [1.807, 2.05) is 6.07 Å². The molecule has 0 N–H and O–H groups in total. The fourth-order valence-electron chi connectivity index (χ4n) is 6.88. The highest BCUT2D eigenvalue weighted by Crippen LogP contribution is 2.49. The average Bonchev–Trinajstić information content (AvgIpc) is 3.51. The molecule has 0 atom stereocenters. The molecule has 0 amide bonds. The molecule has 2 heteroatoms. The van der Waals surface area contributed by atoms with E-state index in [-0.39, 0.29) is 0 Å². The van der Waals surface area contributed by atoms with Crippen molar-refractivity contribution in [2.75, 3.05) is 4.90 Å². The van der Waals surface area contributed by atoms with Crippen molar-refractivity contribution in [2.24, 2.45) is 0 Å². The first-order valence-corrected chi connectivity index (χ1v) is 15.7. The van der Waals surface area contributed by atoms with E-state index in [9.17, 15) is 0 Å². The van der Waals surface area contributed by atoms with Crippen LogP contribution in [0, 0.1) is 0 Å². The summed E-state index contributed by atoms with van der Waals surface area (Å²) < 4.78 is 6.48. The summed E-state index contributed by atoms with van der Waals surface area (Å²) in [7, 11) is 0. The van der Waals surface area contributed by atoms with Crippen molar-refractivity contribution in [1.29, 1.82) is 0 Å². The van der Waals surface area contributed by atoms with E-state index < -0.39 is 0 Å². The Morgan fingerprint density at radius 1 is 0.391 bits per heavy atom. The second kappa shape index (κ2) is 10.8. The Morgan fingerprint density at radius 2 is 1.04 bits per heavy atom. The van der Waals surface area contributed by atoms with Gasteiger partial charge in [-0.25, -0.2) is 0 Å². The van der Waals surface area contributed by atoms with Gasteiger partial charge >= 0.3 is 0 Å². The number of nitrogens with zero attached hydrogens (tertiary/aromatic N) is 1. The monoisotopic (exact) mass is 587 g/mol. The second-order valence-electron chi connectivity index (χ2n) is 11.7. The summed E-state index contributed by atoms with van der Waals surface area (Å²) in [6.07, 6.45) is 0. The van der Waals surface area contributed by atoms with Gasteiger partial charge < -0.3 is 9.32 Å². The maximum Gasteiger partial charge on any atom is 0.136 e. The molecular weight excluding hydrogens is 558 g/mol. The molecule has 2 nitrogen and oxygen atoms in total. The Bertz CT molecular complexity index is 2540. The maximum absolute atomic E-state index is 6.48. The van der Waals surface area contributed by atoms with Crippen LogP contribution in [0.25, 0.3) is 65.7 Å². The summed E-state index contributed by atoms with van der Waals surface area (Å²) in [5.41, 5.74) is 9.69. The molecule has 9 rings (SSSR count). The van der Waals surface area contributed by atoms with Gasteiger partial charge in [0.2, 0.25) is 0 Å². The van der Waals surface area contributed by atoms with Crippen LogP contribution in [0.1, 0.15) is 0 Å². The molecule has 8 aromatic carbocycles. The Balaban J connectivity index is 1.41. The van der Waals surface area contributed by atoms with E-state index in [2.05, 4.69) is 175 Å². The topological polar surface area (TPSA) is 16.4 Å². The van der Waals surface area contributed by atoms with Crippen molar-refractivity contribution in [3.63, 3.8) is 0 Å². The van der Waals surface area contributed by atoms with Gasteiger partial charge in [0.25, 0.3) is 0 Å².